The molecule has 1 aliphatic carbocycles. The van der Waals surface area contributed by atoms with Crippen molar-refractivity contribution >= 4 is 5.69 Å². The van der Waals surface area contributed by atoms with Crippen molar-refractivity contribution in [3.63, 3.8) is 0 Å². The summed E-state index contributed by atoms with van der Waals surface area (Å²) in [5.41, 5.74) is 12.1. The van der Waals surface area contributed by atoms with E-state index in [1.807, 2.05) is 18.5 Å². The molecule has 2 N–H and O–H groups in total. The van der Waals surface area contributed by atoms with E-state index in [1.54, 1.807) is 0 Å². The summed E-state index contributed by atoms with van der Waals surface area (Å²) in [4.78, 5) is 6.90. The number of hydrogen-bond acceptors (Lipinski definition) is 3. The number of anilines is 1. The summed E-state index contributed by atoms with van der Waals surface area (Å²) in [6.45, 7) is 5.36. The molecule has 0 amide bonds. The van der Waals surface area contributed by atoms with Crippen molar-refractivity contribution in [3.8, 4) is 0 Å². The van der Waals surface area contributed by atoms with E-state index < -0.39 is 0 Å². The van der Waals surface area contributed by atoms with Crippen molar-refractivity contribution in [1.82, 2.24) is 4.98 Å². The fourth-order valence-electron chi connectivity index (χ4n) is 4.65. The van der Waals surface area contributed by atoms with E-state index in [9.17, 15) is 0 Å². The Labute approximate surface area is 144 Å². The number of aromatic nitrogens is 1. The molecule has 2 heterocycles. The summed E-state index contributed by atoms with van der Waals surface area (Å²) in [6, 6.07) is 11.7. The molecule has 0 spiro atoms. The van der Waals surface area contributed by atoms with Crippen LogP contribution in [0.2, 0.25) is 0 Å². The first kappa shape index (κ1) is 15.6. The molecule has 1 aromatic heterocycles. The third kappa shape index (κ3) is 2.82. The van der Waals surface area contributed by atoms with E-state index in [-0.39, 0.29) is 5.54 Å². The summed E-state index contributed by atoms with van der Waals surface area (Å²) in [7, 11) is 0. The van der Waals surface area contributed by atoms with Crippen LogP contribution in [0, 0.1) is 6.92 Å². The topological polar surface area (TPSA) is 42.1 Å². The molecule has 4 rings (SSSR count). The van der Waals surface area contributed by atoms with Crippen LogP contribution in [0.4, 0.5) is 5.69 Å². The van der Waals surface area contributed by atoms with Gasteiger partial charge in [0.05, 0.1) is 0 Å². The number of rotatable bonds is 2. The monoisotopic (exact) mass is 321 g/mol. The van der Waals surface area contributed by atoms with E-state index >= 15 is 0 Å². The van der Waals surface area contributed by atoms with Crippen LogP contribution in [-0.2, 0) is 6.54 Å². The zero-order valence-electron chi connectivity index (χ0n) is 14.7. The molecule has 1 unspecified atom stereocenters. The summed E-state index contributed by atoms with van der Waals surface area (Å²) in [5.74, 6) is 0.550. The molecule has 3 atom stereocenters. The van der Waals surface area contributed by atoms with Gasteiger partial charge in [0.25, 0.3) is 0 Å². The largest absolute Gasteiger partial charge is 0.363 e. The maximum atomic E-state index is 6.60. The van der Waals surface area contributed by atoms with Gasteiger partial charge in [0, 0.05) is 42.1 Å². The van der Waals surface area contributed by atoms with Crippen LogP contribution >= 0.6 is 0 Å². The SMILES string of the molecule is Cc1ccc2c(c1)[C@H]1CC(C)(N)CCC[C@@H]1N2Cc1cccnc1. The maximum Gasteiger partial charge on any atom is 0.0448 e. The van der Waals surface area contributed by atoms with E-state index in [0.717, 1.165) is 19.4 Å². The molecule has 1 fully saturated rings. The third-order valence-corrected chi connectivity index (χ3v) is 5.77. The highest BCUT2D eigenvalue weighted by Crippen LogP contribution is 2.49. The number of aryl methyl sites for hydroxylation is 1. The molecular formula is C21H27N3. The Morgan fingerprint density at radius 1 is 1.33 bits per heavy atom. The molecule has 24 heavy (non-hydrogen) atoms. The Morgan fingerprint density at radius 3 is 3.00 bits per heavy atom. The zero-order valence-corrected chi connectivity index (χ0v) is 14.7. The Morgan fingerprint density at radius 2 is 2.21 bits per heavy atom. The van der Waals surface area contributed by atoms with Crippen molar-refractivity contribution < 1.29 is 0 Å². The standard InChI is InChI=1S/C21H27N3/c1-15-7-8-20-17(11-15)18-12-21(2,22)9-3-6-19(18)24(20)14-16-5-4-10-23-13-16/h4-5,7-8,10-11,13,18-19H,3,6,9,12,14,22H2,1-2H3/t18-,19+,21?/m1/s1. The molecule has 3 heteroatoms. The van der Waals surface area contributed by atoms with Gasteiger partial charge in [0.1, 0.15) is 0 Å². The lowest BCUT2D eigenvalue weighted by atomic mass is 9.83. The highest BCUT2D eigenvalue weighted by molar-refractivity contribution is 5.63. The number of pyridine rings is 1. The first-order valence-corrected chi connectivity index (χ1v) is 9.08. The lowest BCUT2D eigenvalue weighted by Gasteiger charge is -2.30. The molecule has 0 saturated heterocycles. The molecule has 0 radical (unpaired) electrons. The third-order valence-electron chi connectivity index (χ3n) is 5.77. The van der Waals surface area contributed by atoms with E-state index in [2.05, 4.69) is 48.0 Å². The maximum absolute atomic E-state index is 6.60. The minimum absolute atomic E-state index is 0.0508. The van der Waals surface area contributed by atoms with E-state index in [4.69, 9.17) is 5.73 Å². The Balaban J connectivity index is 1.74. The smallest absolute Gasteiger partial charge is 0.0448 e. The number of nitrogens with zero attached hydrogens (tertiary/aromatic N) is 2. The van der Waals surface area contributed by atoms with Gasteiger partial charge in [-0.05, 0) is 62.8 Å². The van der Waals surface area contributed by atoms with Crippen LogP contribution in [0.25, 0.3) is 0 Å². The van der Waals surface area contributed by atoms with Gasteiger partial charge >= 0.3 is 0 Å². The molecule has 2 aliphatic rings. The van der Waals surface area contributed by atoms with Crippen LogP contribution in [0.5, 0.6) is 0 Å². The summed E-state index contributed by atoms with van der Waals surface area (Å²) >= 11 is 0. The minimum atomic E-state index is -0.0508. The van der Waals surface area contributed by atoms with Crippen molar-refractivity contribution in [2.24, 2.45) is 5.73 Å². The summed E-state index contributed by atoms with van der Waals surface area (Å²) in [6.07, 6.45) is 8.49. The second-order valence-electron chi connectivity index (χ2n) is 7.98. The number of benzene rings is 1. The first-order chi connectivity index (χ1) is 11.5. The minimum Gasteiger partial charge on any atom is -0.363 e. The molecular weight excluding hydrogens is 294 g/mol. The van der Waals surface area contributed by atoms with Crippen LogP contribution < -0.4 is 10.6 Å². The number of fused-ring (bicyclic) bond motifs is 3. The van der Waals surface area contributed by atoms with Gasteiger partial charge in [-0.1, -0.05) is 23.8 Å². The van der Waals surface area contributed by atoms with Crippen LogP contribution in [0.15, 0.2) is 42.7 Å². The van der Waals surface area contributed by atoms with Crippen molar-refractivity contribution in [2.75, 3.05) is 4.90 Å². The second kappa shape index (κ2) is 5.89. The fourth-order valence-corrected chi connectivity index (χ4v) is 4.65. The highest BCUT2D eigenvalue weighted by atomic mass is 15.2. The molecule has 1 aliphatic heterocycles. The Hall–Kier alpha value is -1.87. The van der Waals surface area contributed by atoms with Gasteiger partial charge in [0.15, 0.2) is 0 Å². The molecule has 1 saturated carbocycles. The lowest BCUT2D eigenvalue weighted by Crippen LogP contribution is -2.38. The quantitative estimate of drug-likeness (QED) is 0.903. The highest BCUT2D eigenvalue weighted by Gasteiger charge is 2.42. The first-order valence-electron chi connectivity index (χ1n) is 9.08. The van der Waals surface area contributed by atoms with Crippen LogP contribution in [-0.4, -0.2) is 16.6 Å². The second-order valence-corrected chi connectivity index (χ2v) is 7.98. The van der Waals surface area contributed by atoms with Gasteiger partial charge in [-0.25, -0.2) is 0 Å². The predicted molar refractivity (Wildman–Crippen MR) is 99.2 cm³/mol. The Kier molecular flexibility index (Phi) is 3.84. The van der Waals surface area contributed by atoms with Crippen molar-refractivity contribution in [1.29, 1.82) is 0 Å². The van der Waals surface area contributed by atoms with Gasteiger partial charge < -0.3 is 10.6 Å². The van der Waals surface area contributed by atoms with E-state index in [1.165, 1.54) is 35.2 Å². The molecule has 126 valence electrons. The predicted octanol–water partition coefficient (Wildman–Crippen LogP) is 4.15. The Bertz CT molecular complexity index is 723. The van der Waals surface area contributed by atoms with Crippen LogP contribution in [0.3, 0.4) is 0 Å². The van der Waals surface area contributed by atoms with Gasteiger partial charge in [-0.3, -0.25) is 4.98 Å². The van der Waals surface area contributed by atoms with Crippen molar-refractivity contribution in [2.45, 2.75) is 63.6 Å². The lowest BCUT2D eigenvalue weighted by molar-refractivity contribution is 0.383. The van der Waals surface area contributed by atoms with Gasteiger partial charge in [-0.15, -0.1) is 0 Å². The normalized spacial score (nSPS) is 29.0. The van der Waals surface area contributed by atoms with Crippen LogP contribution in [0.1, 0.15) is 55.2 Å². The zero-order chi connectivity index (χ0) is 16.7. The van der Waals surface area contributed by atoms with E-state index in [0.29, 0.717) is 12.0 Å². The van der Waals surface area contributed by atoms with Gasteiger partial charge in [0.2, 0.25) is 0 Å². The average molecular weight is 321 g/mol. The summed E-state index contributed by atoms with van der Waals surface area (Å²) < 4.78 is 0. The molecule has 3 nitrogen and oxygen atoms in total. The van der Waals surface area contributed by atoms with Crippen molar-refractivity contribution in [3.05, 3.63) is 59.4 Å². The number of nitrogens with two attached hydrogens (primary N) is 1. The summed E-state index contributed by atoms with van der Waals surface area (Å²) in [5, 5.41) is 0. The molecule has 0 bridgehead atoms. The van der Waals surface area contributed by atoms with Gasteiger partial charge in [-0.2, -0.15) is 0 Å². The average Bonchev–Trinajstić information content (AvgIpc) is 2.71. The fraction of sp³-hybridized carbons (Fsp3) is 0.476. The molecule has 2 aromatic rings. The number of hydrogen-bond donors (Lipinski definition) is 1. The molecule has 1 aromatic carbocycles.